The van der Waals surface area contributed by atoms with Gasteiger partial charge in [-0.1, -0.05) is 40.6 Å². The number of benzene rings is 2. The number of nitrogens with zero attached hydrogens (tertiary/aromatic N) is 2. The predicted molar refractivity (Wildman–Crippen MR) is 132 cm³/mol. The Hall–Kier alpha value is -3.20. The van der Waals surface area contributed by atoms with Crippen LogP contribution in [0, 0.1) is 0 Å². The molecule has 1 aliphatic rings. The smallest absolute Gasteiger partial charge is 0.310 e. The molecule has 33 heavy (non-hydrogen) atoms. The molecule has 168 valence electrons. The fraction of sp³-hybridized carbons (Fsp3) is 0.130. The highest BCUT2D eigenvalue weighted by Gasteiger charge is 2.18. The summed E-state index contributed by atoms with van der Waals surface area (Å²) in [7, 11) is 0. The van der Waals surface area contributed by atoms with Crippen molar-refractivity contribution in [3.63, 3.8) is 0 Å². The third-order valence-corrected chi connectivity index (χ3v) is 6.58. The number of carbonyl (C=O) groups is 2. The number of anilines is 1. The quantitative estimate of drug-likeness (QED) is 0.437. The molecule has 0 atom stereocenters. The molecule has 0 spiro atoms. The molecule has 3 aromatic rings. The van der Waals surface area contributed by atoms with Crippen molar-refractivity contribution in [1.82, 2.24) is 4.57 Å². The highest BCUT2D eigenvalue weighted by Crippen LogP contribution is 2.36. The number of amides is 1. The van der Waals surface area contributed by atoms with Gasteiger partial charge in [-0.05, 0) is 42.0 Å². The van der Waals surface area contributed by atoms with Gasteiger partial charge in [0.25, 0.3) is 0 Å². The topological polar surface area (TPSA) is 101 Å². The van der Waals surface area contributed by atoms with Crippen LogP contribution >= 0.6 is 34.5 Å². The first-order valence-corrected chi connectivity index (χ1v) is 11.4. The SMILES string of the molecule is O=CCCC(=O)Nc1ccc2c(c1)C(=Cc1sc(=O)n(Cc3ccc(Cl)c(Cl)c3)c1O)C=N2. The number of hydrogen-bond donors (Lipinski definition) is 2. The van der Waals surface area contributed by atoms with Gasteiger partial charge in [0.2, 0.25) is 11.8 Å². The number of aromatic hydroxyl groups is 1. The third-order valence-electron chi connectivity index (χ3n) is 4.93. The normalized spacial score (nSPS) is 13.3. The number of hydrogen-bond acceptors (Lipinski definition) is 6. The van der Waals surface area contributed by atoms with Gasteiger partial charge < -0.3 is 15.2 Å². The number of aromatic nitrogens is 1. The first kappa shape index (κ1) is 23.0. The standard InChI is InChI=1S/C23H17Cl2N3O4S/c24-17-5-3-13(8-18(17)25)12-28-22(31)20(33-23(28)32)9-14-11-26-19-6-4-15(10-16(14)19)27-21(30)2-1-7-29/h3-11,31H,1-2,12H2,(H,27,30). The first-order chi connectivity index (χ1) is 15.9. The van der Waals surface area contributed by atoms with Crippen molar-refractivity contribution in [3.05, 3.63) is 72.1 Å². The zero-order valence-corrected chi connectivity index (χ0v) is 19.4. The largest absolute Gasteiger partial charge is 0.493 e. The Bertz CT molecular complexity index is 1370. The van der Waals surface area contributed by atoms with Crippen molar-refractivity contribution in [2.45, 2.75) is 19.4 Å². The fourth-order valence-corrected chi connectivity index (χ4v) is 4.46. The summed E-state index contributed by atoms with van der Waals surface area (Å²) in [5.74, 6) is -0.425. The molecule has 0 unspecified atom stereocenters. The van der Waals surface area contributed by atoms with Crippen LogP contribution in [0.3, 0.4) is 0 Å². The van der Waals surface area contributed by atoms with Crippen molar-refractivity contribution in [3.8, 4) is 5.88 Å². The maximum absolute atomic E-state index is 12.5. The number of thiazole rings is 1. The van der Waals surface area contributed by atoms with Gasteiger partial charge in [-0.2, -0.15) is 0 Å². The number of nitrogens with one attached hydrogen (secondary N) is 1. The van der Waals surface area contributed by atoms with Gasteiger partial charge in [0.1, 0.15) is 6.29 Å². The first-order valence-electron chi connectivity index (χ1n) is 9.86. The Morgan fingerprint density at radius 2 is 2.00 bits per heavy atom. The van der Waals surface area contributed by atoms with E-state index >= 15 is 0 Å². The summed E-state index contributed by atoms with van der Waals surface area (Å²) >= 11 is 12.9. The molecule has 0 bridgehead atoms. The summed E-state index contributed by atoms with van der Waals surface area (Å²) in [6.45, 7) is 0.142. The van der Waals surface area contributed by atoms with E-state index in [0.29, 0.717) is 38.2 Å². The minimum atomic E-state index is -0.322. The van der Waals surface area contributed by atoms with Gasteiger partial charge in [0, 0.05) is 35.9 Å². The van der Waals surface area contributed by atoms with Crippen LogP contribution in [0.5, 0.6) is 5.88 Å². The lowest BCUT2D eigenvalue weighted by molar-refractivity contribution is -0.118. The van der Waals surface area contributed by atoms with E-state index in [1.807, 2.05) is 0 Å². The summed E-state index contributed by atoms with van der Waals surface area (Å²) in [5, 5.41) is 14.2. The lowest BCUT2D eigenvalue weighted by Gasteiger charge is -2.07. The van der Waals surface area contributed by atoms with Crippen molar-refractivity contribution >= 4 is 76.0 Å². The molecule has 0 saturated carbocycles. The number of carbonyl (C=O) groups excluding carboxylic acids is 2. The highest BCUT2D eigenvalue weighted by atomic mass is 35.5. The van der Waals surface area contributed by atoms with Gasteiger partial charge in [-0.25, -0.2) is 0 Å². The number of aldehydes is 1. The van der Waals surface area contributed by atoms with Gasteiger partial charge in [0.15, 0.2) is 0 Å². The molecular formula is C23H17Cl2N3O4S. The van der Waals surface area contributed by atoms with Crippen LogP contribution in [0.2, 0.25) is 10.0 Å². The maximum Gasteiger partial charge on any atom is 0.310 e. The predicted octanol–water partition coefficient (Wildman–Crippen LogP) is 5.14. The number of halogens is 2. The zero-order valence-electron chi connectivity index (χ0n) is 17.0. The van der Waals surface area contributed by atoms with Crippen LogP contribution in [0.25, 0.3) is 11.6 Å². The van der Waals surface area contributed by atoms with Crippen LogP contribution in [0.1, 0.15) is 28.8 Å². The Kier molecular flexibility index (Phi) is 6.78. The molecule has 0 aliphatic carbocycles. The lowest BCUT2D eigenvalue weighted by atomic mass is 10.1. The molecule has 2 heterocycles. The molecule has 1 aromatic heterocycles. The summed E-state index contributed by atoms with van der Waals surface area (Å²) in [6.07, 6.45) is 4.27. The van der Waals surface area contributed by atoms with E-state index < -0.39 is 0 Å². The van der Waals surface area contributed by atoms with Crippen LogP contribution < -0.4 is 10.2 Å². The van der Waals surface area contributed by atoms with Gasteiger partial charge >= 0.3 is 4.87 Å². The van der Waals surface area contributed by atoms with Crippen molar-refractivity contribution in [2.75, 3.05) is 5.32 Å². The van der Waals surface area contributed by atoms with E-state index in [9.17, 15) is 19.5 Å². The molecule has 7 nitrogen and oxygen atoms in total. The molecule has 10 heteroatoms. The second kappa shape index (κ2) is 9.74. The van der Waals surface area contributed by atoms with Crippen molar-refractivity contribution in [2.24, 2.45) is 4.99 Å². The van der Waals surface area contributed by atoms with Crippen LogP contribution in [0.15, 0.2) is 46.2 Å². The average molecular weight is 502 g/mol. The summed E-state index contributed by atoms with van der Waals surface area (Å²) in [5.41, 5.74) is 3.43. The molecule has 0 fully saturated rings. The van der Waals surface area contributed by atoms with Crippen LogP contribution in [-0.4, -0.2) is 28.1 Å². The molecule has 2 aromatic carbocycles. The molecule has 1 amide bonds. The Morgan fingerprint density at radius 1 is 1.18 bits per heavy atom. The average Bonchev–Trinajstić information content (AvgIpc) is 3.30. The highest BCUT2D eigenvalue weighted by molar-refractivity contribution is 7.10. The van der Waals surface area contributed by atoms with Crippen LogP contribution in [0.4, 0.5) is 11.4 Å². The molecule has 2 N–H and O–H groups in total. The molecule has 0 saturated heterocycles. The summed E-state index contributed by atoms with van der Waals surface area (Å²) < 4.78 is 1.26. The number of fused-ring (bicyclic) bond motifs is 1. The number of aliphatic imine (C=N–C) groups is 1. The van der Waals surface area contributed by atoms with E-state index in [1.54, 1.807) is 48.7 Å². The van der Waals surface area contributed by atoms with Gasteiger partial charge in [0.05, 0.1) is 27.2 Å². The second-order valence-corrected chi connectivity index (χ2v) is 9.04. The third kappa shape index (κ3) is 5.08. The Morgan fingerprint density at radius 3 is 2.76 bits per heavy atom. The zero-order chi connectivity index (χ0) is 23.5. The molecule has 0 radical (unpaired) electrons. The maximum atomic E-state index is 12.5. The van der Waals surface area contributed by atoms with E-state index in [2.05, 4.69) is 10.3 Å². The van der Waals surface area contributed by atoms with E-state index in [1.165, 1.54) is 4.57 Å². The fourth-order valence-electron chi connectivity index (χ4n) is 3.30. The molecule has 1 aliphatic heterocycles. The number of allylic oxidation sites excluding steroid dienone is 1. The van der Waals surface area contributed by atoms with Crippen molar-refractivity contribution in [1.29, 1.82) is 0 Å². The minimum absolute atomic E-state index is 0.105. The van der Waals surface area contributed by atoms with E-state index in [-0.39, 0.29) is 36.0 Å². The minimum Gasteiger partial charge on any atom is -0.493 e. The Labute approximate surface area is 202 Å². The number of rotatable bonds is 7. The van der Waals surface area contributed by atoms with Crippen LogP contribution in [-0.2, 0) is 16.1 Å². The molecule has 4 rings (SSSR count). The van der Waals surface area contributed by atoms with Gasteiger partial charge in [-0.15, -0.1) is 0 Å². The Balaban J connectivity index is 1.60. The van der Waals surface area contributed by atoms with E-state index in [0.717, 1.165) is 22.5 Å². The van der Waals surface area contributed by atoms with Crippen molar-refractivity contribution < 1.29 is 14.7 Å². The summed E-state index contributed by atoms with van der Waals surface area (Å²) in [6, 6.07) is 10.3. The lowest BCUT2D eigenvalue weighted by Crippen LogP contribution is -2.13. The molecular weight excluding hydrogens is 485 g/mol. The monoisotopic (exact) mass is 501 g/mol. The van der Waals surface area contributed by atoms with Gasteiger partial charge in [-0.3, -0.25) is 19.1 Å². The van der Waals surface area contributed by atoms with E-state index in [4.69, 9.17) is 23.2 Å². The second-order valence-electron chi connectivity index (χ2n) is 7.23. The summed E-state index contributed by atoms with van der Waals surface area (Å²) in [4.78, 5) is 39.3.